The van der Waals surface area contributed by atoms with E-state index in [4.69, 9.17) is 15.0 Å². The van der Waals surface area contributed by atoms with Gasteiger partial charge in [-0.25, -0.2) is 4.79 Å². The van der Waals surface area contributed by atoms with Crippen LogP contribution in [0.25, 0.3) is 0 Å². The van der Waals surface area contributed by atoms with Crippen molar-refractivity contribution in [3.8, 4) is 0 Å². The fourth-order valence-electron chi connectivity index (χ4n) is 0. The average Bonchev–Trinajstić information content (AvgIpc) is 0.811. The Hall–Kier alpha value is 3.80. The van der Waals surface area contributed by atoms with Gasteiger partial charge in [-0.15, -0.1) is 0 Å². The first-order chi connectivity index (χ1) is 1.73. The summed E-state index contributed by atoms with van der Waals surface area (Å²) < 4.78 is 0. The zero-order valence-electron chi connectivity index (χ0n) is 1.80. The summed E-state index contributed by atoms with van der Waals surface area (Å²) in [4.78, 5) is 8.56. The van der Waals surface area contributed by atoms with Crippen molar-refractivity contribution in [1.82, 2.24) is 0 Å². The van der Waals surface area contributed by atoms with Crippen LogP contribution < -0.4 is 0 Å². The Bertz CT molecular complexity index is 35.9. The van der Waals surface area contributed by atoms with Crippen molar-refractivity contribution in [2.24, 2.45) is 0 Å². The molecule has 0 atom stereocenters. The summed E-state index contributed by atoms with van der Waals surface area (Å²) in [5, 5.41) is 13.9. The topological polar surface area (TPSA) is 57.5 Å². The Morgan fingerprint density at radius 2 is 1.14 bits per heavy atom. The van der Waals surface area contributed by atoms with Crippen LogP contribution in [0.15, 0.2) is 0 Å². The molecular weight excluding hydrogens is 178 g/mol. The van der Waals surface area contributed by atoms with Gasteiger partial charge in [-0.1, -0.05) is 0 Å². The van der Waals surface area contributed by atoms with E-state index in [2.05, 4.69) is 0 Å². The van der Waals surface area contributed by atoms with Gasteiger partial charge < -0.3 is 10.2 Å². The Morgan fingerprint density at radius 3 is 1.14 bits per heavy atom. The van der Waals surface area contributed by atoms with Gasteiger partial charge in [0.25, 0.3) is 0 Å². The molecule has 0 fully saturated rings. The first-order valence-corrected chi connectivity index (χ1v) is 0.651. The Kier molecular flexibility index (Phi) is 52.6. The zero-order valence-corrected chi connectivity index (χ0v) is 1.80. The molecule has 0 aromatic carbocycles. The third-order valence-corrected chi connectivity index (χ3v) is 0. The van der Waals surface area contributed by atoms with Crippen LogP contribution in [0.4, 0.5) is 4.79 Å². The SMILES string of the molecule is O=C(O)O.[CaH2].[KH].[KH]. The molecule has 2 N–H and O–H groups in total. The standard InChI is InChI=1S/CH2O3.Ca.2K.4H/c2-1(3)4;;;;;;;/h(H2,2,3,4);;;;;;;. The number of hydrogen-bond donors (Lipinski definition) is 2. The molecule has 0 aromatic heterocycles. The predicted octanol–water partition coefficient (Wildman–Crippen LogP) is -1.99. The van der Waals surface area contributed by atoms with E-state index in [1.54, 1.807) is 0 Å². The summed E-state index contributed by atoms with van der Waals surface area (Å²) >= 11 is 0. The molecule has 0 rings (SSSR count). The van der Waals surface area contributed by atoms with Gasteiger partial charge in [-0.2, -0.15) is 0 Å². The summed E-state index contributed by atoms with van der Waals surface area (Å²) in [7, 11) is 0. The van der Waals surface area contributed by atoms with Crippen molar-refractivity contribution in [3.05, 3.63) is 0 Å². The Morgan fingerprint density at radius 1 is 1.14 bits per heavy atom. The maximum absolute atomic E-state index is 8.56. The molecule has 0 amide bonds. The normalized spacial score (nSPS) is 3.43. The van der Waals surface area contributed by atoms with Gasteiger partial charge in [0.1, 0.15) is 0 Å². The first-order valence-electron chi connectivity index (χ1n) is 0.651. The molecule has 0 aromatic rings. The van der Waals surface area contributed by atoms with Gasteiger partial charge in [0, 0.05) is 0 Å². The van der Waals surface area contributed by atoms with E-state index in [1.807, 2.05) is 0 Å². The second kappa shape index (κ2) is 16.4. The van der Waals surface area contributed by atoms with E-state index in [0.29, 0.717) is 0 Å². The van der Waals surface area contributed by atoms with E-state index >= 15 is 0 Å². The predicted molar refractivity (Wildman–Crippen MR) is 33.5 cm³/mol. The fourth-order valence-corrected chi connectivity index (χ4v) is 0. The van der Waals surface area contributed by atoms with E-state index in [0.717, 1.165) is 0 Å². The van der Waals surface area contributed by atoms with Gasteiger partial charge >= 0.3 is 147 Å². The molecule has 0 bridgehead atoms. The van der Waals surface area contributed by atoms with Crippen molar-refractivity contribution >= 4 is 147 Å². The summed E-state index contributed by atoms with van der Waals surface area (Å²) in [5.74, 6) is 0. The van der Waals surface area contributed by atoms with E-state index < -0.39 is 6.16 Å². The summed E-state index contributed by atoms with van der Waals surface area (Å²) in [6, 6.07) is 0. The third-order valence-electron chi connectivity index (χ3n) is 0. The molecule has 0 radical (unpaired) electrons. The van der Waals surface area contributed by atoms with Crippen LogP contribution in [-0.2, 0) is 0 Å². The molecule has 0 aliphatic heterocycles. The van der Waals surface area contributed by atoms with Crippen molar-refractivity contribution in [2.45, 2.75) is 0 Å². The Labute approximate surface area is 156 Å². The minimum atomic E-state index is -1.83. The molecule has 3 nitrogen and oxygen atoms in total. The monoisotopic (exact) mass is 184 g/mol. The molecular formula is CH6CaK2O3. The van der Waals surface area contributed by atoms with Gasteiger partial charge in [0.05, 0.1) is 0 Å². The molecule has 32 valence electrons. The van der Waals surface area contributed by atoms with Gasteiger partial charge in [0.15, 0.2) is 0 Å². The molecule has 0 unspecified atom stereocenters. The summed E-state index contributed by atoms with van der Waals surface area (Å²) in [5.41, 5.74) is 0. The molecule has 0 heterocycles. The number of carbonyl (C=O) groups is 1. The van der Waals surface area contributed by atoms with E-state index in [1.165, 1.54) is 0 Å². The van der Waals surface area contributed by atoms with Crippen LogP contribution in [0.5, 0.6) is 0 Å². The van der Waals surface area contributed by atoms with Crippen LogP contribution in [0, 0.1) is 0 Å². The second-order valence-electron chi connectivity index (χ2n) is 0.283. The third kappa shape index (κ3) is 41.3. The van der Waals surface area contributed by atoms with Gasteiger partial charge in [0.2, 0.25) is 0 Å². The average molecular weight is 184 g/mol. The van der Waals surface area contributed by atoms with Crippen LogP contribution in [-0.4, -0.2) is 157 Å². The van der Waals surface area contributed by atoms with Crippen LogP contribution in [0.2, 0.25) is 0 Å². The maximum atomic E-state index is 8.56. The van der Waals surface area contributed by atoms with Crippen molar-refractivity contribution in [1.29, 1.82) is 0 Å². The van der Waals surface area contributed by atoms with E-state index in [-0.39, 0.29) is 141 Å². The van der Waals surface area contributed by atoms with Crippen LogP contribution in [0.3, 0.4) is 0 Å². The summed E-state index contributed by atoms with van der Waals surface area (Å²) in [6.45, 7) is 0. The molecule has 0 aliphatic carbocycles. The van der Waals surface area contributed by atoms with Crippen LogP contribution in [0.1, 0.15) is 0 Å². The van der Waals surface area contributed by atoms with Crippen LogP contribution >= 0.6 is 0 Å². The molecule has 0 aliphatic rings. The second-order valence-corrected chi connectivity index (χ2v) is 0.283. The Balaban J connectivity index is -0.0000000150. The molecule has 7 heavy (non-hydrogen) atoms. The number of carboxylic acid groups (broad SMARTS) is 2. The molecule has 6 heteroatoms. The quantitative estimate of drug-likeness (QED) is 0.429. The van der Waals surface area contributed by atoms with Crippen molar-refractivity contribution in [3.63, 3.8) is 0 Å². The summed E-state index contributed by atoms with van der Waals surface area (Å²) in [6.07, 6.45) is -1.83. The number of rotatable bonds is 0. The van der Waals surface area contributed by atoms with Gasteiger partial charge in [-0.3, -0.25) is 0 Å². The van der Waals surface area contributed by atoms with Crippen molar-refractivity contribution in [2.75, 3.05) is 0 Å². The van der Waals surface area contributed by atoms with E-state index in [9.17, 15) is 0 Å². The van der Waals surface area contributed by atoms with Crippen molar-refractivity contribution < 1.29 is 15.0 Å². The van der Waals surface area contributed by atoms with Gasteiger partial charge in [-0.05, 0) is 0 Å². The number of hydrogen-bond acceptors (Lipinski definition) is 1. The zero-order chi connectivity index (χ0) is 3.58. The molecule has 0 saturated carbocycles. The molecule has 0 saturated heterocycles. The minimum absolute atomic E-state index is 0. The first kappa shape index (κ1) is 22.4. The fraction of sp³-hybridized carbons (Fsp3) is 0. The molecule has 0 spiro atoms.